The van der Waals surface area contributed by atoms with Crippen molar-refractivity contribution in [1.82, 2.24) is 15.1 Å². The lowest BCUT2D eigenvalue weighted by Gasteiger charge is -2.22. The van der Waals surface area contributed by atoms with Gasteiger partial charge < -0.3 is 20.4 Å². The second-order valence-corrected chi connectivity index (χ2v) is 8.31. The van der Waals surface area contributed by atoms with E-state index in [2.05, 4.69) is 51.0 Å². The van der Waals surface area contributed by atoms with Gasteiger partial charge in [-0.2, -0.15) is 0 Å². The molecule has 0 saturated carbocycles. The Morgan fingerprint density at radius 3 is 2.48 bits per heavy atom. The Balaban J connectivity index is 0.00000341. The largest absolute Gasteiger partial charge is 0.352 e. The lowest BCUT2D eigenvalue weighted by molar-refractivity contribution is 0.222. The van der Waals surface area contributed by atoms with Crippen LogP contribution in [0.3, 0.4) is 0 Å². The zero-order chi connectivity index (χ0) is 21.3. The summed E-state index contributed by atoms with van der Waals surface area (Å²) in [5.41, 5.74) is 3.15. The van der Waals surface area contributed by atoms with E-state index < -0.39 is 0 Å². The van der Waals surface area contributed by atoms with Gasteiger partial charge in [0.1, 0.15) is 0 Å². The molecule has 0 unspecified atom stereocenters. The van der Waals surface area contributed by atoms with E-state index in [9.17, 15) is 4.79 Å². The van der Waals surface area contributed by atoms with E-state index in [1.807, 2.05) is 36.2 Å². The van der Waals surface area contributed by atoms with Crippen molar-refractivity contribution < 1.29 is 4.79 Å². The molecule has 2 amide bonds. The van der Waals surface area contributed by atoms with E-state index in [0.29, 0.717) is 6.54 Å². The molecular formula is C23H32IN5OS. The molecule has 0 bridgehead atoms. The number of rotatable bonds is 6. The van der Waals surface area contributed by atoms with Crippen LogP contribution in [-0.2, 0) is 13.1 Å². The molecule has 1 fully saturated rings. The van der Waals surface area contributed by atoms with E-state index in [1.54, 1.807) is 18.8 Å². The second kappa shape index (κ2) is 12.8. The maximum atomic E-state index is 12.3. The first-order valence-electron chi connectivity index (χ1n) is 10.3. The Hall–Kier alpha value is -1.94. The third-order valence-corrected chi connectivity index (χ3v) is 5.92. The lowest BCUT2D eigenvalue weighted by atomic mass is 10.2. The molecule has 168 valence electrons. The highest BCUT2D eigenvalue weighted by Gasteiger charge is 2.17. The molecule has 1 aliphatic rings. The maximum absolute atomic E-state index is 12.3. The molecule has 2 aromatic carbocycles. The standard InChI is InChI=1S/C23H31N5OS.HI/c1-24-22(27(2)17-18-9-11-21(30-3)12-10-18)25-16-19-7-6-8-20(15-19)26-23(29)28-13-4-5-14-28;/h6-12,15H,4-5,13-14,16-17H2,1-3H3,(H,24,25)(H,26,29);1H. The summed E-state index contributed by atoms with van der Waals surface area (Å²) in [4.78, 5) is 22.0. The summed E-state index contributed by atoms with van der Waals surface area (Å²) >= 11 is 1.75. The molecule has 0 aromatic heterocycles. The summed E-state index contributed by atoms with van der Waals surface area (Å²) in [7, 11) is 3.83. The fraction of sp³-hybridized carbons (Fsp3) is 0.391. The van der Waals surface area contributed by atoms with Gasteiger partial charge >= 0.3 is 6.03 Å². The van der Waals surface area contributed by atoms with Gasteiger partial charge in [0.15, 0.2) is 5.96 Å². The number of nitrogens with one attached hydrogen (secondary N) is 2. The van der Waals surface area contributed by atoms with Gasteiger partial charge in [0.25, 0.3) is 0 Å². The predicted molar refractivity (Wildman–Crippen MR) is 142 cm³/mol. The van der Waals surface area contributed by atoms with Crippen LogP contribution in [0.1, 0.15) is 24.0 Å². The Morgan fingerprint density at radius 1 is 1.13 bits per heavy atom. The van der Waals surface area contributed by atoms with Crippen LogP contribution in [0.25, 0.3) is 0 Å². The van der Waals surface area contributed by atoms with Crippen molar-refractivity contribution in [2.45, 2.75) is 30.8 Å². The van der Waals surface area contributed by atoms with Gasteiger partial charge in [-0.15, -0.1) is 35.7 Å². The number of guanidine groups is 1. The quantitative estimate of drug-likeness (QED) is 0.232. The van der Waals surface area contributed by atoms with Crippen LogP contribution < -0.4 is 10.6 Å². The molecule has 0 aliphatic carbocycles. The molecule has 0 radical (unpaired) electrons. The van der Waals surface area contributed by atoms with Crippen LogP contribution in [0.4, 0.5) is 10.5 Å². The number of anilines is 1. The minimum Gasteiger partial charge on any atom is -0.352 e. The molecule has 2 aromatic rings. The van der Waals surface area contributed by atoms with E-state index in [4.69, 9.17) is 0 Å². The number of nitrogens with zero attached hydrogens (tertiary/aromatic N) is 3. The number of carbonyl (C=O) groups excluding carboxylic acids is 1. The number of carbonyl (C=O) groups is 1. The predicted octanol–water partition coefficient (Wildman–Crippen LogP) is 4.86. The second-order valence-electron chi connectivity index (χ2n) is 7.43. The van der Waals surface area contributed by atoms with Gasteiger partial charge in [0.05, 0.1) is 0 Å². The number of benzene rings is 2. The summed E-state index contributed by atoms with van der Waals surface area (Å²) in [6.07, 6.45) is 4.26. The van der Waals surface area contributed by atoms with Crippen molar-refractivity contribution >= 4 is 53.4 Å². The average Bonchev–Trinajstić information content (AvgIpc) is 3.30. The number of likely N-dealkylation sites (tertiary alicyclic amines) is 1. The van der Waals surface area contributed by atoms with E-state index in [0.717, 1.165) is 49.7 Å². The van der Waals surface area contributed by atoms with E-state index in [1.165, 1.54) is 10.5 Å². The average molecular weight is 554 g/mol. The number of aliphatic imine (C=N–C) groups is 1. The van der Waals surface area contributed by atoms with Crippen LogP contribution in [0, 0.1) is 0 Å². The first kappa shape index (κ1) is 25.3. The summed E-state index contributed by atoms with van der Waals surface area (Å²) < 4.78 is 0. The number of urea groups is 1. The number of hydrogen-bond acceptors (Lipinski definition) is 3. The molecule has 1 heterocycles. The third-order valence-electron chi connectivity index (χ3n) is 5.17. The first-order valence-corrected chi connectivity index (χ1v) is 11.5. The molecule has 1 saturated heterocycles. The molecule has 0 spiro atoms. The van der Waals surface area contributed by atoms with Crippen molar-refractivity contribution in [1.29, 1.82) is 0 Å². The van der Waals surface area contributed by atoms with Crippen LogP contribution >= 0.6 is 35.7 Å². The number of halogens is 1. The van der Waals surface area contributed by atoms with Gasteiger partial charge in [-0.05, 0) is 54.5 Å². The normalized spacial score (nSPS) is 13.5. The van der Waals surface area contributed by atoms with Crippen molar-refractivity contribution in [3.8, 4) is 0 Å². The molecule has 31 heavy (non-hydrogen) atoms. The number of hydrogen-bond donors (Lipinski definition) is 2. The maximum Gasteiger partial charge on any atom is 0.321 e. The highest BCUT2D eigenvalue weighted by Crippen LogP contribution is 2.16. The van der Waals surface area contributed by atoms with E-state index >= 15 is 0 Å². The van der Waals surface area contributed by atoms with Gasteiger partial charge in [-0.3, -0.25) is 4.99 Å². The Morgan fingerprint density at radius 2 is 1.84 bits per heavy atom. The van der Waals surface area contributed by atoms with Crippen LogP contribution in [0.15, 0.2) is 58.4 Å². The summed E-state index contributed by atoms with van der Waals surface area (Å²) in [5, 5.41) is 6.42. The fourth-order valence-corrected chi connectivity index (χ4v) is 3.94. The molecule has 0 atom stereocenters. The highest BCUT2D eigenvalue weighted by molar-refractivity contribution is 14.0. The Bertz CT molecular complexity index is 869. The monoisotopic (exact) mass is 553 g/mol. The molecule has 1 aliphatic heterocycles. The summed E-state index contributed by atoms with van der Waals surface area (Å²) in [6.45, 7) is 3.10. The summed E-state index contributed by atoms with van der Waals surface area (Å²) in [6, 6.07) is 16.5. The van der Waals surface area contributed by atoms with Crippen LogP contribution in [-0.4, -0.2) is 55.2 Å². The number of thioether (sulfide) groups is 1. The third kappa shape index (κ3) is 7.60. The minimum atomic E-state index is -0.0133. The van der Waals surface area contributed by atoms with Gasteiger partial charge in [-0.25, -0.2) is 4.79 Å². The zero-order valence-electron chi connectivity index (χ0n) is 18.4. The van der Waals surface area contributed by atoms with Gasteiger partial charge in [0, 0.05) is 50.9 Å². The first-order chi connectivity index (χ1) is 14.6. The van der Waals surface area contributed by atoms with Crippen molar-refractivity contribution in [3.63, 3.8) is 0 Å². The van der Waals surface area contributed by atoms with Crippen molar-refractivity contribution in [2.24, 2.45) is 4.99 Å². The van der Waals surface area contributed by atoms with Gasteiger partial charge in [0.2, 0.25) is 0 Å². The van der Waals surface area contributed by atoms with E-state index in [-0.39, 0.29) is 30.0 Å². The fourth-order valence-electron chi connectivity index (χ4n) is 3.53. The van der Waals surface area contributed by atoms with Crippen LogP contribution in [0.5, 0.6) is 0 Å². The van der Waals surface area contributed by atoms with Crippen LogP contribution in [0.2, 0.25) is 0 Å². The zero-order valence-corrected chi connectivity index (χ0v) is 21.6. The Kier molecular flexibility index (Phi) is 10.5. The molecule has 6 nitrogen and oxygen atoms in total. The molecule has 8 heteroatoms. The van der Waals surface area contributed by atoms with Crippen molar-refractivity contribution in [2.75, 3.05) is 38.8 Å². The minimum absolute atomic E-state index is 0. The molecular weight excluding hydrogens is 521 g/mol. The molecule has 3 rings (SSSR count). The highest BCUT2D eigenvalue weighted by atomic mass is 127. The number of amides is 2. The summed E-state index contributed by atoms with van der Waals surface area (Å²) in [5.74, 6) is 0.829. The molecule has 2 N–H and O–H groups in total. The Labute approximate surface area is 206 Å². The van der Waals surface area contributed by atoms with Gasteiger partial charge in [-0.1, -0.05) is 24.3 Å². The topological polar surface area (TPSA) is 60.0 Å². The SMILES string of the molecule is CN=C(NCc1cccc(NC(=O)N2CCCC2)c1)N(C)Cc1ccc(SC)cc1.I. The van der Waals surface area contributed by atoms with Crippen molar-refractivity contribution in [3.05, 3.63) is 59.7 Å². The lowest BCUT2D eigenvalue weighted by Crippen LogP contribution is -2.38. The smallest absolute Gasteiger partial charge is 0.321 e.